The van der Waals surface area contributed by atoms with E-state index in [0.29, 0.717) is 18.7 Å². The van der Waals surface area contributed by atoms with Crippen LogP contribution < -0.4 is 20.3 Å². The van der Waals surface area contributed by atoms with Crippen molar-refractivity contribution >= 4 is 17.5 Å². The van der Waals surface area contributed by atoms with Gasteiger partial charge in [-0.25, -0.2) is 0 Å². The van der Waals surface area contributed by atoms with Crippen LogP contribution in [0.1, 0.15) is 12.8 Å². The van der Waals surface area contributed by atoms with E-state index in [4.69, 9.17) is 4.74 Å². The van der Waals surface area contributed by atoms with Gasteiger partial charge in [-0.15, -0.1) is 0 Å². The molecule has 6 heteroatoms. The Bertz CT molecular complexity index is 487. The number of carbonyl (C=O) groups excluding carboxylic acids is 2. The Morgan fingerprint density at radius 1 is 1.29 bits per heavy atom. The van der Waals surface area contributed by atoms with Crippen molar-refractivity contribution in [3.05, 3.63) is 24.3 Å². The van der Waals surface area contributed by atoms with E-state index in [1.54, 1.807) is 17.0 Å². The summed E-state index contributed by atoms with van der Waals surface area (Å²) in [5.41, 5.74) is 0.878. The number of nitrogens with zero attached hydrogens (tertiary/aromatic N) is 1. The van der Waals surface area contributed by atoms with Crippen LogP contribution in [0.4, 0.5) is 5.69 Å². The standard InChI is InChI=1S/C15H21N3O3/c1-16-8-9-17-14(19)11-21-13-6-4-12(5-7-13)18-10-2-3-15(18)20/h4-7,16H,2-3,8-11H2,1H3,(H,17,19). The molecule has 0 unspecified atom stereocenters. The number of ether oxygens (including phenoxy) is 1. The maximum Gasteiger partial charge on any atom is 0.257 e. The molecule has 1 fully saturated rings. The van der Waals surface area contributed by atoms with Gasteiger partial charge in [-0.3, -0.25) is 9.59 Å². The number of amides is 2. The smallest absolute Gasteiger partial charge is 0.257 e. The van der Waals surface area contributed by atoms with Gasteiger partial charge in [0.05, 0.1) is 0 Å². The Morgan fingerprint density at radius 3 is 2.67 bits per heavy atom. The number of benzene rings is 1. The Hall–Kier alpha value is -2.08. The van der Waals surface area contributed by atoms with Gasteiger partial charge in [-0.05, 0) is 37.7 Å². The lowest BCUT2D eigenvalue weighted by Gasteiger charge is -2.16. The molecular weight excluding hydrogens is 270 g/mol. The van der Waals surface area contributed by atoms with E-state index in [9.17, 15) is 9.59 Å². The fourth-order valence-electron chi connectivity index (χ4n) is 2.17. The molecule has 1 aromatic rings. The van der Waals surface area contributed by atoms with E-state index in [1.165, 1.54) is 0 Å². The quantitative estimate of drug-likeness (QED) is 0.719. The molecule has 2 rings (SSSR count). The van der Waals surface area contributed by atoms with E-state index < -0.39 is 0 Å². The fraction of sp³-hybridized carbons (Fsp3) is 0.467. The average molecular weight is 291 g/mol. The molecule has 1 saturated heterocycles. The number of hydrogen-bond donors (Lipinski definition) is 2. The summed E-state index contributed by atoms with van der Waals surface area (Å²) in [5.74, 6) is 0.630. The van der Waals surface area contributed by atoms with Gasteiger partial charge in [-0.1, -0.05) is 0 Å². The van der Waals surface area contributed by atoms with Crippen LogP contribution >= 0.6 is 0 Å². The molecule has 0 aromatic heterocycles. The Labute approximate surface area is 124 Å². The second kappa shape index (κ2) is 7.64. The minimum absolute atomic E-state index is 0.00823. The molecule has 1 aromatic carbocycles. The Kier molecular flexibility index (Phi) is 5.57. The molecular formula is C15H21N3O3. The van der Waals surface area contributed by atoms with Crippen molar-refractivity contribution in [2.24, 2.45) is 0 Å². The van der Waals surface area contributed by atoms with Crippen LogP contribution in [-0.4, -0.2) is 45.1 Å². The first-order valence-corrected chi connectivity index (χ1v) is 7.15. The highest BCUT2D eigenvalue weighted by Gasteiger charge is 2.21. The van der Waals surface area contributed by atoms with Crippen LogP contribution in [0, 0.1) is 0 Å². The number of rotatable bonds is 7. The van der Waals surface area contributed by atoms with Gasteiger partial charge in [0.1, 0.15) is 5.75 Å². The maximum absolute atomic E-state index is 11.6. The van der Waals surface area contributed by atoms with Crippen molar-refractivity contribution in [3.8, 4) is 5.75 Å². The molecule has 1 heterocycles. The predicted molar refractivity (Wildman–Crippen MR) is 80.5 cm³/mol. The van der Waals surface area contributed by atoms with Gasteiger partial charge in [0.25, 0.3) is 5.91 Å². The number of anilines is 1. The zero-order chi connectivity index (χ0) is 15.1. The molecule has 1 aliphatic rings. The average Bonchev–Trinajstić information content (AvgIpc) is 2.92. The SMILES string of the molecule is CNCCNC(=O)COc1ccc(N2CCCC2=O)cc1. The van der Waals surface area contributed by atoms with Crippen LogP contribution in [0.3, 0.4) is 0 Å². The highest BCUT2D eigenvalue weighted by molar-refractivity contribution is 5.95. The van der Waals surface area contributed by atoms with Crippen molar-refractivity contribution in [1.82, 2.24) is 10.6 Å². The normalized spacial score (nSPS) is 14.3. The number of nitrogens with one attached hydrogen (secondary N) is 2. The van der Waals surface area contributed by atoms with Gasteiger partial charge < -0.3 is 20.3 Å². The number of hydrogen-bond acceptors (Lipinski definition) is 4. The molecule has 6 nitrogen and oxygen atoms in total. The molecule has 0 atom stereocenters. The number of carbonyl (C=O) groups is 2. The van der Waals surface area contributed by atoms with Crippen LogP contribution in [0.5, 0.6) is 5.75 Å². The maximum atomic E-state index is 11.6. The van der Waals surface area contributed by atoms with Crippen molar-refractivity contribution in [2.75, 3.05) is 38.2 Å². The lowest BCUT2D eigenvalue weighted by molar-refractivity contribution is -0.123. The first kappa shape index (κ1) is 15.3. The first-order chi connectivity index (χ1) is 10.2. The van der Waals surface area contributed by atoms with Gasteiger partial charge in [-0.2, -0.15) is 0 Å². The molecule has 2 amide bonds. The molecule has 0 radical (unpaired) electrons. The monoisotopic (exact) mass is 291 g/mol. The second-order valence-corrected chi connectivity index (χ2v) is 4.89. The van der Waals surface area contributed by atoms with Gasteiger partial charge in [0.2, 0.25) is 5.91 Å². The number of likely N-dealkylation sites (N-methyl/N-ethyl adjacent to an activating group) is 1. The highest BCUT2D eigenvalue weighted by Crippen LogP contribution is 2.23. The summed E-state index contributed by atoms with van der Waals surface area (Å²) in [6.07, 6.45) is 1.52. The molecule has 21 heavy (non-hydrogen) atoms. The first-order valence-electron chi connectivity index (χ1n) is 7.15. The predicted octanol–water partition coefficient (Wildman–Crippen LogP) is 0.528. The lowest BCUT2D eigenvalue weighted by Crippen LogP contribution is -2.33. The third-order valence-corrected chi connectivity index (χ3v) is 3.29. The summed E-state index contributed by atoms with van der Waals surface area (Å²) in [7, 11) is 1.83. The van der Waals surface area contributed by atoms with Crippen LogP contribution in [-0.2, 0) is 9.59 Å². The fourth-order valence-corrected chi connectivity index (χ4v) is 2.17. The summed E-state index contributed by atoms with van der Waals surface area (Å²) < 4.78 is 5.41. The Balaban J connectivity index is 1.80. The van der Waals surface area contributed by atoms with Crippen LogP contribution in [0.2, 0.25) is 0 Å². The van der Waals surface area contributed by atoms with Crippen molar-refractivity contribution < 1.29 is 14.3 Å². The van der Waals surface area contributed by atoms with Crippen LogP contribution in [0.15, 0.2) is 24.3 Å². The van der Waals surface area contributed by atoms with Crippen LogP contribution in [0.25, 0.3) is 0 Å². The van der Waals surface area contributed by atoms with Crippen molar-refractivity contribution in [3.63, 3.8) is 0 Å². The second-order valence-electron chi connectivity index (χ2n) is 4.89. The minimum Gasteiger partial charge on any atom is -0.484 e. The van der Waals surface area contributed by atoms with E-state index in [0.717, 1.165) is 25.2 Å². The lowest BCUT2D eigenvalue weighted by atomic mass is 10.3. The van der Waals surface area contributed by atoms with E-state index in [2.05, 4.69) is 10.6 Å². The van der Waals surface area contributed by atoms with E-state index >= 15 is 0 Å². The van der Waals surface area contributed by atoms with Gasteiger partial charge in [0.15, 0.2) is 6.61 Å². The minimum atomic E-state index is -0.149. The molecule has 0 bridgehead atoms. The summed E-state index contributed by atoms with van der Waals surface area (Å²) in [6, 6.07) is 7.25. The summed E-state index contributed by atoms with van der Waals surface area (Å²) in [5, 5.41) is 5.68. The zero-order valence-electron chi connectivity index (χ0n) is 12.2. The molecule has 1 aliphatic heterocycles. The molecule has 0 saturated carbocycles. The summed E-state index contributed by atoms with van der Waals surface area (Å²) in [6.45, 7) is 2.07. The van der Waals surface area contributed by atoms with Crippen molar-refractivity contribution in [1.29, 1.82) is 0 Å². The summed E-state index contributed by atoms with van der Waals surface area (Å²) >= 11 is 0. The zero-order valence-corrected chi connectivity index (χ0v) is 12.2. The van der Waals surface area contributed by atoms with Crippen molar-refractivity contribution in [2.45, 2.75) is 12.8 Å². The van der Waals surface area contributed by atoms with E-state index in [1.807, 2.05) is 19.2 Å². The summed E-state index contributed by atoms with van der Waals surface area (Å²) in [4.78, 5) is 24.9. The highest BCUT2D eigenvalue weighted by atomic mass is 16.5. The Morgan fingerprint density at radius 2 is 2.05 bits per heavy atom. The molecule has 2 N–H and O–H groups in total. The third kappa shape index (κ3) is 4.46. The largest absolute Gasteiger partial charge is 0.484 e. The third-order valence-electron chi connectivity index (χ3n) is 3.29. The molecule has 0 spiro atoms. The molecule has 114 valence electrons. The van der Waals surface area contributed by atoms with E-state index in [-0.39, 0.29) is 18.4 Å². The topological polar surface area (TPSA) is 70.7 Å². The van der Waals surface area contributed by atoms with Gasteiger partial charge in [0, 0.05) is 31.7 Å². The van der Waals surface area contributed by atoms with Gasteiger partial charge >= 0.3 is 0 Å². The molecule has 0 aliphatic carbocycles.